The molecule has 0 aliphatic rings. The number of nitrogens with one attached hydrogen (secondary N) is 1. The molecule has 1 aromatic carbocycles. The molecule has 0 radical (unpaired) electrons. The van der Waals surface area contributed by atoms with Crippen LogP contribution >= 0.6 is 11.6 Å². The van der Waals surface area contributed by atoms with Gasteiger partial charge in [0.05, 0.1) is 15.6 Å². The number of anilines is 1. The minimum Gasteiger partial charge on any atom is -0.398 e. The lowest BCUT2D eigenvalue weighted by molar-refractivity contribution is 0.544. The summed E-state index contributed by atoms with van der Waals surface area (Å²) in [5, 5.41) is 0.246. The lowest BCUT2D eigenvalue weighted by atomic mass is 10.2. The number of rotatable bonds is 5. The summed E-state index contributed by atoms with van der Waals surface area (Å²) in [4.78, 5) is 0.139. The van der Waals surface area contributed by atoms with Gasteiger partial charge in [-0.1, -0.05) is 24.9 Å². The van der Waals surface area contributed by atoms with Crippen LogP contribution in [0, 0.1) is 0 Å². The van der Waals surface area contributed by atoms with Crippen LogP contribution in [0.3, 0.4) is 0 Å². The van der Waals surface area contributed by atoms with Crippen LogP contribution in [0.25, 0.3) is 0 Å². The highest BCUT2D eigenvalue weighted by Crippen LogP contribution is 2.22. The number of sulfonamides is 1. The lowest BCUT2D eigenvalue weighted by Gasteiger charge is -2.13. The quantitative estimate of drug-likeness (QED) is 0.811. The van der Waals surface area contributed by atoms with Gasteiger partial charge in [-0.15, -0.1) is 0 Å². The van der Waals surface area contributed by atoms with Crippen molar-refractivity contribution in [2.75, 3.05) is 5.73 Å². The van der Waals surface area contributed by atoms with Crippen LogP contribution < -0.4 is 10.5 Å². The molecule has 1 unspecified atom stereocenters. The molecule has 1 rings (SSSR count). The highest BCUT2D eigenvalue weighted by Gasteiger charge is 2.17. The van der Waals surface area contributed by atoms with Crippen molar-refractivity contribution in [1.82, 2.24) is 4.72 Å². The number of hydrogen-bond donors (Lipinski definition) is 2. The van der Waals surface area contributed by atoms with E-state index in [0.29, 0.717) is 5.69 Å². The van der Waals surface area contributed by atoms with Gasteiger partial charge in [0.15, 0.2) is 0 Å². The summed E-state index contributed by atoms with van der Waals surface area (Å²) >= 11 is 5.80. The fraction of sp³-hybridized carbons (Fsp3) is 0.455. The van der Waals surface area contributed by atoms with Crippen LogP contribution in [0.15, 0.2) is 23.1 Å². The molecule has 0 aliphatic carbocycles. The zero-order chi connectivity index (χ0) is 13.1. The predicted octanol–water partition coefficient (Wildman–Crippen LogP) is 2.39. The molecule has 0 aliphatic heterocycles. The van der Waals surface area contributed by atoms with Gasteiger partial charge >= 0.3 is 0 Å². The number of benzene rings is 1. The zero-order valence-corrected chi connectivity index (χ0v) is 11.5. The van der Waals surface area contributed by atoms with Crippen LogP contribution in [0.4, 0.5) is 5.69 Å². The normalized spacial score (nSPS) is 13.6. The second-order valence-corrected chi connectivity index (χ2v) is 6.12. The third-order valence-corrected chi connectivity index (χ3v) is 4.27. The largest absolute Gasteiger partial charge is 0.398 e. The van der Waals surface area contributed by atoms with Gasteiger partial charge in [0, 0.05) is 6.04 Å². The fourth-order valence-corrected chi connectivity index (χ4v) is 3.05. The Morgan fingerprint density at radius 2 is 2.12 bits per heavy atom. The molecule has 0 saturated carbocycles. The van der Waals surface area contributed by atoms with E-state index in [4.69, 9.17) is 17.3 Å². The van der Waals surface area contributed by atoms with Gasteiger partial charge in [-0.2, -0.15) is 0 Å². The van der Waals surface area contributed by atoms with E-state index in [9.17, 15) is 8.42 Å². The monoisotopic (exact) mass is 276 g/mol. The molecule has 0 bridgehead atoms. The summed E-state index contributed by atoms with van der Waals surface area (Å²) in [5.41, 5.74) is 5.90. The Morgan fingerprint density at radius 3 is 2.65 bits per heavy atom. The first kappa shape index (κ1) is 14.3. The topological polar surface area (TPSA) is 72.2 Å². The minimum atomic E-state index is -3.51. The van der Waals surface area contributed by atoms with Crippen molar-refractivity contribution in [3.05, 3.63) is 23.2 Å². The summed E-state index contributed by atoms with van der Waals surface area (Å²) in [6.07, 6.45) is 1.72. The summed E-state index contributed by atoms with van der Waals surface area (Å²) < 4.78 is 26.5. The van der Waals surface area contributed by atoms with Crippen molar-refractivity contribution >= 4 is 27.3 Å². The molecule has 1 atom stereocenters. The molecule has 0 heterocycles. The maximum Gasteiger partial charge on any atom is 0.240 e. The molecule has 0 saturated heterocycles. The molecule has 0 fully saturated rings. The van der Waals surface area contributed by atoms with Crippen LogP contribution in [-0.4, -0.2) is 14.5 Å². The van der Waals surface area contributed by atoms with E-state index in [1.807, 2.05) is 13.8 Å². The molecule has 0 amide bonds. The van der Waals surface area contributed by atoms with Gasteiger partial charge in [0.2, 0.25) is 10.0 Å². The van der Waals surface area contributed by atoms with Crippen LogP contribution in [-0.2, 0) is 10.0 Å². The molecule has 1 aromatic rings. The maximum atomic E-state index is 12.0. The Morgan fingerprint density at radius 1 is 1.47 bits per heavy atom. The van der Waals surface area contributed by atoms with Crippen LogP contribution in [0.2, 0.25) is 5.02 Å². The minimum absolute atomic E-state index is 0.0960. The number of halogens is 1. The summed E-state index contributed by atoms with van der Waals surface area (Å²) in [6, 6.07) is 4.20. The lowest BCUT2D eigenvalue weighted by Crippen LogP contribution is -2.32. The van der Waals surface area contributed by atoms with E-state index in [1.165, 1.54) is 18.2 Å². The Bertz CT molecular complexity index is 488. The molecular formula is C11H17ClN2O2S. The van der Waals surface area contributed by atoms with Crippen molar-refractivity contribution in [3.63, 3.8) is 0 Å². The van der Waals surface area contributed by atoms with Crippen LogP contribution in [0.5, 0.6) is 0 Å². The van der Waals surface area contributed by atoms with Crippen molar-refractivity contribution in [3.8, 4) is 0 Å². The van der Waals surface area contributed by atoms with Gasteiger partial charge in [-0.3, -0.25) is 0 Å². The number of nitrogen functional groups attached to an aromatic ring is 1. The molecule has 17 heavy (non-hydrogen) atoms. The molecule has 3 N–H and O–H groups in total. The molecule has 6 heteroatoms. The van der Waals surface area contributed by atoms with Gasteiger partial charge in [0.25, 0.3) is 0 Å². The van der Waals surface area contributed by atoms with E-state index >= 15 is 0 Å². The molecule has 0 aromatic heterocycles. The van der Waals surface area contributed by atoms with E-state index in [-0.39, 0.29) is 16.0 Å². The Kier molecular flexibility index (Phi) is 4.80. The van der Waals surface area contributed by atoms with Gasteiger partial charge < -0.3 is 5.73 Å². The van der Waals surface area contributed by atoms with E-state index in [2.05, 4.69) is 4.72 Å². The first-order chi connectivity index (χ1) is 7.86. The van der Waals surface area contributed by atoms with Gasteiger partial charge in [-0.05, 0) is 31.5 Å². The third-order valence-electron chi connectivity index (χ3n) is 2.36. The Hall–Kier alpha value is -0.780. The highest BCUT2D eigenvalue weighted by atomic mass is 35.5. The summed E-state index contributed by atoms with van der Waals surface area (Å²) in [6.45, 7) is 3.84. The fourth-order valence-electron chi connectivity index (χ4n) is 1.50. The second-order valence-electron chi connectivity index (χ2n) is 3.99. The third kappa shape index (κ3) is 3.87. The summed E-state index contributed by atoms with van der Waals surface area (Å²) in [5.74, 6) is 0. The van der Waals surface area contributed by atoms with Gasteiger partial charge in [-0.25, -0.2) is 13.1 Å². The van der Waals surface area contributed by atoms with E-state index in [1.54, 1.807) is 0 Å². The zero-order valence-electron chi connectivity index (χ0n) is 9.90. The Labute approximate surface area is 107 Å². The van der Waals surface area contributed by atoms with E-state index < -0.39 is 10.0 Å². The number of hydrogen-bond acceptors (Lipinski definition) is 3. The standard InChI is InChI=1S/C11H17ClN2O2S/c1-3-4-8(2)14-17(15,16)9-5-6-11(13)10(12)7-9/h5-8,14H,3-4,13H2,1-2H3. The molecular weight excluding hydrogens is 260 g/mol. The maximum absolute atomic E-state index is 12.0. The van der Waals surface area contributed by atoms with E-state index in [0.717, 1.165) is 12.8 Å². The first-order valence-corrected chi connectivity index (χ1v) is 7.30. The van der Waals surface area contributed by atoms with Crippen molar-refractivity contribution in [2.24, 2.45) is 0 Å². The van der Waals surface area contributed by atoms with Crippen molar-refractivity contribution in [2.45, 2.75) is 37.6 Å². The first-order valence-electron chi connectivity index (χ1n) is 5.44. The molecule has 4 nitrogen and oxygen atoms in total. The smallest absolute Gasteiger partial charge is 0.240 e. The second kappa shape index (κ2) is 5.71. The van der Waals surface area contributed by atoms with Crippen molar-refractivity contribution < 1.29 is 8.42 Å². The molecule has 0 spiro atoms. The van der Waals surface area contributed by atoms with Crippen molar-refractivity contribution in [1.29, 1.82) is 0 Å². The Balaban J connectivity index is 2.93. The highest BCUT2D eigenvalue weighted by molar-refractivity contribution is 7.89. The van der Waals surface area contributed by atoms with Crippen LogP contribution in [0.1, 0.15) is 26.7 Å². The number of nitrogens with two attached hydrogens (primary N) is 1. The average molecular weight is 277 g/mol. The predicted molar refractivity (Wildman–Crippen MR) is 70.6 cm³/mol. The summed E-state index contributed by atoms with van der Waals surface area (Å²) in [7, 11) is -3.51. The SMILES string of the molecule is CCCC(C)NS(=O)(=O)c1ccc(N)c(Cl)c1. The molecule has 96 valence electrons. The average Bonchev–Trinajstić information content (AvgIpc) is 2.21. The van der Waals surface area contributed by atoms with Gasteiger partial charge in [0.1, 0.15) is 0 Å².